The van der Waals surface area contributed by atoms with Crippen LogP contribution < -0.4 is 10.6 Å². The number of aliphatic imine (C=N–C) groups is 1. The zero-order chi connectivity index (χ0) is 20.2. The number of carbonyl (C=O) groups is 1. The molecule has 8 heteroatoms. The number of hydrogen-bond acceptors (Lipinski definition) is 3. The molecule has 0 fully saturated rings. The molecule has 2 aromatic rings. The van der Waals surface area contributed by atoms with Gasteiger partial charge in [0.05, 0.1) is 6.54 Å². The van der Waals surface area contributed by atoms with E-state index >= 15 is 0 Å². The number of carbonyl (C=O) groups excluding carboxylic acids is 1. The third-order valence-electron chi connectivity index (χ3n) is 4.13. The number of aromatic nitrogens is 1. The predicted molar refractivity (Wildman–Crippen MR) is 133 cm³/mol. The lowest BCUT2D eigenvalue weighted by Gasteiger charge is -2.18. The van der Waals surface area contributed by atoms with Crippen LogP contribution in [0.3, 0.4) is 0 Å². The van der Waals surface area contributed by atoms with Crippen molar-refractivity contribution in [2.45, 2.75) is 26.3 Å². The lowest BCUT2D eigenvalue weighted by molar-refractivity contribution is -0.130. The highest BCUT2D eigenvalue weighted by Gasteiger charge is 2.10. The van der Waals surface area contributed by atoms with Crippen LogP contribution >= 0.6 is 39.9 Å². The molecule has 0 spiro atoms. The van der Waals surface area contributed by atoms with Crippen molar-refractivity contribution in [2.24, 2.45) is 4.99 Å². The molecular weight excluding hydrogens is 545 g/mol. The molecule has 0 saturated carbocycles. The minimum Gasteiger partial charge on any atom is -0.357 e. The Morgan fingerprint density at radius 3 is 2.62 bits per heavy atom. The molecule has 158 valence electrons. The van der Waals surface area contributed by atoms with Gasteiger partial charge in [-0.2, -0.15) is 0 Å². The van der Waals surface area contributed by atoms with Gasteiger partial charge < -0.3 is 15.5 Å². The first-order chi connectivity index (χ1) is 13.6. The first-order valence-corrected chi connectivity index (χ1v) is 10.3. The maximum atomic E-state index is 12.4. The Morgan fingerprint density at radius 2 is 1.93 bits per heavy atom. The Morgan fingerprint density at radius 1 is 1.17 bits per heavy atom. The number of hydrogen-bond donors (Lipinski definition) is 2. The van der Waals surface area contributed by atoms with Crippen molar-refractivity contribution in [2.75, 3.05) is 26.7 Å². The molecule has 1 aromatic carbocycles. The van der Waals surface area contributed by atoms with E-state index in [2.05, 4.69) is 36.5 Å². The fourth-order valence-corrected chi connectivity index (χ4v) is 3.03. The molecule has 0 atom stereocenters. The van der Waals surface area contributed by atoms with Gasteiger partial charge in [-0.3, -0.25) is 14.8 Å². The zero-order valence-corrected chi connectivity index (χ0v) is 20.8. The summed E-state index contributed by atoms with van der Waals surface area (Å²) in [5.41, 5.74) is 2.13. The average Bonchev–Trinajstić information content (AvgIpc) is 2.70. The number of rotatable bonds is 9. The Kier molecular flexibility index (Phi) is 12.5. The van der Waals surface area contributed by atoms with Crippen LogP contribution in [-0.2, 0) is 17.8 Å². The van der Waals surface area contributed by atoms with E-state index in [0.29, 0.717) is 19.5 Å². The first kappa shape index (κ1) is 25.4. The SMILES string of the molecule is CCNC(=NCCC(=O)N(C)Cc1ccccc1Br)NCCc1ccccn1.I. The van der Waals surface area contributed by atoms with Gasteiger partial charge in [-0.25, -0.2) is 0 Å². The largest absolute Gasteiger partial charge is 0.357 e. The van der Waals surface area contributed by atoms with Gasteiger partial charge in [-0.05, 0) is 30.7 Å². The molecule has 0 saturated heterocycles. The van der Waals surface area contributed by atoms with Gasteiger partial charge in [0.1, 0.15) is 0 Å². The number of halogens is 2. The van der Waals surface area contributed by atoms with Crippen molar-refractivity contribution >= 4 is 51.8 Å². The summed E-state index contributed by atoms with van der Waals surface area (Å²) in [5, 5.41) is 6.49. The van der Waals surface area contributed by atoms with Gasteiger partial charge in [0.15, 0.2) is 5.96 Å². The maximum Gasteiger partial charge on any atom is 0.224 e. The zero-order valence-electron chi connectivity index (χ0n) is 16.9. The van der Waals surface area contributed by atoms with E-state index in [0.717, 1.165) is 41.2 Å². The highest BCUT2D eigenvalue weighted by atomic mass is 127. The molecular formula is C21H29BrIN5O. The first-order valence-electron chi connectivity index (χ1n) is 9.49. The molecule has 2 rings (SSSR count). The second-order valence-corrected chi connectivity index (χ2v) is 7.20. The van der Waals surface area contributed by atoms with Crippen LogP contribution in [0.15, 0.2) is 58.1 Å². The number of amides is 1. The summed E-state index contributed by atoms with van der Waals surface area (Å²) in [5.74, 6) is 0.795. The summed E-state index contributed by atoms with van der Waals surface area (Å²) in [6, 6.07) is 13.8. The topological polar surface area (TPSA) is 69.6 Å². The van der Waals surface area contributed by atoms with Crippen molar-refractivity contribution < 1.29 is 4.79 Å². The fourth-order valence-electron chi connectivity index (χ4n) is 2.62. The molecule has 2 N–H and O–H groups in total. The van der Waals surface area contributed by atoms with E-state index in [-0.39, 0.29) is 29.9 Å². The number of guanidine groups is 1. The van der Waals surface area contributed by atoms with Crippen molar-refractivity contribution in [3.05, 3.63) is 64.4 Å². The number of benzene rings is 1. The standard InChI is InChI=1S/C21H28BrN5O.HI/c1-3-23-21(25-14-11-18-9-6-7-13-24-18)26-15-12-20(28)27(2)16-17-8-4-5-10-19(17)22;/h4-10,13H,3,11-12,14-16H2,1-2H3,(H2,23,25,26);1H. The average molecular weight is 574 g/mol. The van der Waals surface area contributed by atoms with Crippen LogP contribution in [0.1, 0.15) is 24.6 Å². The van der Waals surface area contributed by atoms with Crippen LogP contribution in [0.5, 0.6) is 0 Å². The van der Waals surface area contributed by atoms with Crippen LogP contribution in [0, 0.1) is 0 Å². The fraction of sp³-hybridized carbons (Fsp3) is 0.381. The van der Waals surface area contributed by atoms with Gasteiger partial charge in [-0.15, -0.1) is 24.0 Å². The monoisotopic (exact) mass is 573 g/mol. The normalized spacial score (nSPS) is 10.8. The molecule has 29 heavy (non-hydrogen) atoms. The molecule has 6 nitrogen and oxygen atoms in total. The Hall–Kier alpha value is -1.68. The van der Waals surface area contributed by atoms with Gasteiger partial charge in [-0.1, -0.05) is 40.2 Å². The smallest absolute Gasteiger partial charge is 0.224 e. The lowest BCUT2D eigenvalue weighted by Crippen LogP contribution is -2.38. The summed E-state index contributed by atoms with van der Waals surface area (Å²) in [4.78, 5) is 22.9. The molecule has 0 unspecified atom stereocenters. The Labute approximate surface area is 198 Å². The Balaban J connectivity index is 0.00000420. The molecule has 1 aromatic heterocycles. The Bertz CT molecular complexity index is 773. The minimum absolute atomic E-state index is 0. The molecule has 0 radical (unpaired) electrons. The summed E-state index contributed by atoms with van der Waals surface area (Å²) < 4.78 is 1.01. The van der Waals surface area contributed by atoms with E-state index < -0.39 is 0 Å². The quantitative estimate of drug-likeness (QED) is 0.273. The van der Waals surface area contributed by atoms with E-state index in [1.807, 2.05) is 56.4 Å². The number of pyridine rings is 1. The highest BCUT2D eigenvalue weighted by Crippen LogP contribution is 2.17. The summed E-state index contributed by atoms with van der Waals surface area (Å²) in [6.45, 7) is 4.54. The van der Waals surface area contributed by atoms with Crippen LogP contribution in [0.2, 0.25) is 0 Å². The molecule has 1 amide bonds. The van der Waals surface area contributed by atoms with Crippen LogP contribution in [-0.4, -0.2) is 48.4 Å². The summed E-state index contributed by atoms with van der Waals surface area (Å²) in [7, 11) is 1.82. The predicted octanol–water partition coefficient (Wildman–Crippen LogP) is 3.61. The molecule has 1 heterocycles. The summed E-state index contributed by atoms with van der Waals surface area (Å²) >= 11 is 3.52. The third-order valence-corrected chi connectivity index (χ3v) is 4.90. The van der Waals surface area contributed by atoms with E-state index in [9.17, 15) is 4.79 Å². The maximum absolute atomic E-state index is 12.4. The lowest BCUT2D eigenvalue weighted by atomic mass is 10.2. The molecule has 0 bridgehead atoms. The van der Waals surface area contributed by atoms with Gasteiger partial charge in [0, 0.05) is 55.9 Å². The molecule has 0 aliphatic heterocycles. The van der Waals surface area contributed by atoms with Crippen LogP contribution in [0.4, 0.5) is 0 Å². The molecule has 0 aliphatic rings. The molecule has 0 aliphatic carbocycles. The van der Waals surface area contributed by atoms with Crippen molar-refractivity contribution in [3.8, 4) is 0 Å². The second-order valence-electron chi connectivity index (χ2n) is 6.35. The van der Waals surface area contributed by atoms with Gasteiger partial charge in [0.2, 0.25) is 5.91 Å². The highest BCUT2D eigenvalue weighted by molar-refractivity contribution is 14.0. The van der Waals surface area contributed by atoms with E-state index in [1.54, 1.807) is 11.1 Å². The minimum atomic E-state index is 0. The van der Waals surface area contributed by atoms with Gasteiger partial charge >= 0.3 is 0 Å². The van der Waals surface area contributed by atoms with Crippen molar-refractivity contribution in [1.29, 1.82) is 0 Å². The van der Waals surface area contributed by atoms with Crippen molar-refractivity contribution in [1.82, 2.24) is 20.5 Å². The van der Waals surface area contributed by atoms with Crippen LogP contribution in [0.25, 0.3) is 0 Å². The van der Waals surface area contributed by atoms with Gasteiger partial charge in [0.25, 0.3) is 0 Å². The van der Waals surface area contributed by atoms with E-state index in [1.165, 1.54) is 0 Å². The number of nitrogens with zero attached hydrogens (tertiary/aromatic N) is 3. The number of nitrogens with one attached hydrogen (secondary N) is 2. The second kappa shape index (κ2) is 14.3. The van der Waals surface area contributed by atoms with E-state index in [4.69, 9.17) is 0 Å². The van der Waals surface area contributed by atoms with Crippen molar-refractivity contribution in [3.63, 3.8) is 0 Å². The summed E-state index contributed by atoms with van der Waals surface area (Å²) in [6.07, 6.45) is 2.99. The third kappa shape index (κ3) is 9.58.